The first-order chi connectivity index (χ1) is 9.70. The van der Waals surface area contributed by atoms with E-state index in [1.807, 2.05) is 35.9 Å². The number of rotatable bonds is 6. The lowest BCUT2D eigenvalue weighted by Gasteiger charge is -2.18. The summed E-state index contributed by atoms with van der Waals surface area (Å²) in [4.78, 5) is 18.1. The number of ether oxygens (including phenoxy) is 1. The van der Waals surface area contributed by atoms with Gasteiger partial charge in [0.15, 0.2) is 0 Å². The maximum absolute atomic E-state index is 12.2. The van der Waals surface area contributed by atoms with Gasteiger partial charge in [-0.25, -0.2) is 4.98 Å². The van der Waals surface area contributed by atoms with Crippen LogP contribution >= 0.6 is 11.3 Å². The van der Waals surface area contributed by atoms with E-state index in [1.54, 1.807) is 29.5 Å². The lowest BCUT2D eigenvalue weighted by atomic mass is 10.2. The second-order valence-corrected chi connectivity index (χ2v) is 5.24. The lowest BCUT2D eigenvalue weighted by molar-refractivity contribution is -0.129. The summed E-state index contributed by atoms with van der Waals surface area (Å²) in [7, 11) is 1.80. The predicted molar refractivity (Wildman–Crippen MR) is 79.9 cm³/mol. The molecule has 2 heterocycles. The van der Waals surface area contributed by atoms with E-state index in [2.05, 4.69) is 4.98 Å². The fourth-order valence-electron chi connectivity index (χ4n) is 1.86. The van der Waals surface area contributed by atoms with Crippen LogP contribution in [0.2, 0.25) is 0 Å². The van der Waals surface area contributed by atoms with Gasteiger partial charge in [0, 0.05) is 18.8 Å². The molecule has 0 radical (unpaired) electrons. The average Bonchev–Trinajstić information content (AvgIpc) is 2.94. The minimum Gasteiger partial charge on any atom is -0.478 e. The summed E-state index contributed by atoms with van der Waals surface area (Å²) in [6, 6.07) is 5.77. The van der Waals surface area contributed by atoms with Crippen LogP contribution < -0.4 is 4.74 Å². The van der Waals surface area contributed by atoms with Gasteiger partial charge in [-0.15, -0.1) is 0 Å². The van der Waals surface area contributed by atoms with Crippen molar-refractivity contribution in [2.45, 2.75) is 19.9 Å². The van der Waals surface area contributed by atoms with Crippen LogP contribution in [0.5, 0.6) is 5.88 Å². The lowest BCUT2D eigenvalue weighted by Crippen LogP contribution is -2.27. The van der Waals surface area contributed by atoms with Crippen LogP contribution in [0.3, 0.4) is 0 Å². The smallest absolute Gasteiger partial charge is 0.227 e. The molecule has 0 saturated heterocycles. The van der Waals surface area contributed by atoms with Crippen LogP contribution in [-0.4, -0.2) is 29.4 Å². The molecule has 1 amide bonds. The van der Waals surface area contributed by atoms with Gasteiger partial charge >= 0.3 is 0 Å². The van der Waals surface area contributed by atoms with Crippen molar-refractivity contribution in [3.63, 3.8) is 0 Å². The summed E-state index contributed by atoms with van der Waals surface area (Å²) in [5, 5.41) is 3.98. The van der Waals surface area contributed by atoms with Gasteiger partial charge in [-0.1, -0.05) is 6.07 Å². The van der Waals surface area contributed by atoms with Crippen molar-refractivity contribution in [1.29, 1.82) is 0 Å². The minimum absolute atomic E-state index is 0.0923. The third kappa shape index (κ3) is 3.81. The number of amides is 1. The average molecular weight is 290 g/mol. The number of carbonyl (C=O) groups excluding carboxylic acids is 1. The quantitative estimate of drug-likeness (QED) is 0.821. The SMILES string of the molecule is CCOc1ncccc1CN(C)C(=O)Cc1ccsc1. The standard InChI is InChI=1S/C15H18N2O2S/c1-3-19-15-13(5-4-7-16-15)10-17(2)14(18)9-12-6-8-20-11-12/h4-8,11H,3,9-10H2,1-2H3. The molecule has 0 spiro atoms. The topological polar surface area (TPSA) is 42.4 Å². The van der Waals surface area contributed by atoms with Gasteiger partial charge in [-0.2, -0.15) is 11.3 Å². The van der Waals surface area contributed by atoms with Crippen LogP contribution in [0.25, 0.3) is 0 Å². The van der Waals surface area contributed by atoms with Gasteiger partial charge in [-0.3, -0.25) is 4.79 Å². The number of aromatic nitrogens is 1. The van der Waals surface area contributed by atoms with E-state index in [4.69, 9.17) is 4.74 Å². The summed E-state index contributed by atoms with van der Waals surface area (Å²) in [5.74, 6) is 0.694. The highest BCUT2D eigenvalue weighted by Crippen LogP contribution is 2.17. The Morgan fingerprint density at radius 3 is 3.00 bits per heavy atom. The molecule has 0 fully saturated rings. The molecule has 5 heteroatoms. The highest BCUT2D eigenvalue weighted by atomic mass is 32.1. The molecule has 0 bridgehead atoms. The van der Waals surface area contributed by atoms with Crippen LogP contribution in [0.15, 0.2) is 35.2 Å². The van der Waals surface area contributed by atoms with E-state index in [1.165, 1.54) is 0 Å². The molecular formula is C15H18N2O2S. The Morgan fingerprint density at radius 2 is 2.30 bits per heavy atom. The molecule has 4 nitrogen and oxygen atoms in total. The number of hydrogen-bond donors (Lipinski definition) is 0. The molecule has 0 aliphatic carbocycles. The number of carbonyl (C=O) groups is 1. The number of nitrogens with zero attached hydrogens (tertiary/aromatic N) is 2. The summed E-state index contributed by atoms with van der Waals surface area (Å²) in [6.45, 7) is 2.99. The molecule has 0 aliphatic heterocycles. The molecule has 0 aliphatic rings. The van der Waals surface area contributed by atoms with Crippen molar-refractivity contribution in [1.82, 2.24) is 9.88 Å². The Morgan fingerprint density at radius 1 is 1.45 bits per heavy atom. The van der Waals surface area contributed by atoms with Gasteiger partial charge in [0.05, 0.1) is 19.6 Å². The summed E-state index contributed by atoms with van der Waals surface area (Å²) in [6.07, 6.45) is 2.13. The van der Waals surface area contributed by atoms with Gasteiger partial charge in [-0.05, 0) is 35.4 Å². The first kappa shape index (κ1) is 14.5. The fourth-order valence-corrected chi connectivity index (χ4v) is 2.53. The highest BCUT2D eigenvalue weighted by Gasteiger charge is 2.13. The Kier molecular flexibility index (Phi) is 5.12. The fraction of sp³-hybridized carbons (Fsp3) is 0.333. The summed E-state index contributed by atoms with van der Waals surface area (Å²) < 4.78 is 5.48. The van der Waals surface area contributed by atoms with Crippen molar-refractivity contribution < 1.29 is 9.53 Å². The number of thiophene rings is 1. The normalized spacial score (nSPS) is 10.3. The second-order valence-electron chi connectivity index (χ2n) is 4.46. The van der Waals surface area contributed by atoms with E-state index in [-0.39, 0.29) is 5.91 Å². The molecule has 0 atom stereocenters. The number of hydrogen-bond acceptors (Lipinski definition) is 4. The monoisotopic (exact) mass is 290 g/mol. The van der Waals surface area contributed by atoms with Crippen molar-refractivity contribution in [2.75, 3.05) is 13.7 Å². The minimum atomic E-state index is 0.0923. The largest absolute Gasteiger partial charge is 0.478 e. The zero-order chi connectivity index (χ0) is 14.4. The summed E-state index contributed by atoms with van der Waals surface area (Å²) >= 11 is 1.61. The molecule has 0 saturated carbocycles. The zero-order valence-electron chi connectivity index (χ0n) is 11.7. The third-order valence-electron chi connectivity index (χ3n) is 2.90. The summed E-state index contributed by atoms with van der Waals surface area (Å²) in [5.41, 5.74) is 1.98. The van der Waals surface area contributed by atoms with Gasteiger partial charge in [0.1, 0.15) is 0 Å². The van der Waals surface area contributed by atoms with Gasteiger partial charge in [0.25, 0.3) is 0 Å². The van der Waals surface area contributed by atoms with E-state index in [0.29, 0.717) is 25.5 Å². The molecule has 0 aromatic carbocycles. The Bertz CT molecular complexity index is 555. The van der Waals surface area contributed by atoms with Crippen LogP contribution in [0, 0.1) is 0 Å². The first-order valence-corrected chi connectivity index (χ1v) is 7.46. The van der Waals surface area contributed by atoms with Crippen molar-refractivity contribution in [3.8, 4) is 5.88 Å². The molecule has 20 heavy (non-hydrogen) atoms. The van der Waals surface area contributed by atoms with Crippen molar-refractivity contribution in [2.24, 2.45) is 0 Å². The van der Waals surface area contributed by atoms with Gasteiger partial charge < -0.3 is 9.64 Å². The van der Waals surface area contributed by atoms with E-state index in [9.17, 15) is 4.79 Å². The molecule has 0 unspecified atom stereocenters. The Balaban J connectivity index is 2.00. The third-order valence-corrected chi connectivity index (χ3v) is 3.63. The zero-order valence-corrected chi connectivity index (χ0v) is 12.5. The molecule has 2 rings (SSSR count). The molecule has 2 aromatic heterocycles. The van der Waals surface area contributed by atoms with Gasteiger partial charge in [0.2, 0.25) is 11.8 Å². The number of likely N-dealkylation sites (N-methyl/N-ethyl adjacent to an activating group) is 1. The Hall–Kier alpha value is -1.88. The van der Waals surface area contributed by atoms with Crippen LogP contribution in [0.1, 0.15) is 18.1 Å². The maximum Gasteiger partial charge on any atom is 0.227 e. The van der Waals surface area contributed by atoms with Crippen LogP contribution in [0.4, 0.5) is 0 Å². The van der Waals surface area contributed by atoms with Crippen molar-refractivity contribution in [3.05, 3.63) is 46.3 Å². The number of pyridine rings is 1. The first-order valence-electron chi connectivity index (χ1n) is 6.52. The highest BCUT2D eigenvalue weighted by molar-refractivity contribution is 7.07. The Labute approximate surface area is 123 Å². The van der Waals surface area contributed by atoms with E-state index < -0.39 is 0 Å². The molecule has 2 aromatic rings. The second kappa shape index (κ2) is 7.05. The molecule has 106 valence electrons. The van der Waals surface area contributed by atoms with E-state index in [0.717, 1.165) is 11.1 Å². The van der Waals surface area contributed by atoms with Crippen molar-refractivity contribution >= 4 is 17.2 Å². The molecule has 0 N–H and O–H groups in total. The predicted octanol–water partition coefficient (Wildman–Crippen LogP) is 2.74. The van der Waals surface area contributed by atoms with E-state index >= 15 is 0 Å². The van der Waals surface area contributed by atoms with Crippen LogP contribution in [-0.2, 0) is 17.8 Å². The maximum atomic E-state index is 12.2. The molecular weight excluding hydrogens is 272 g/mol.